The second-order valence-corrected chi connectivity index (χ2v) is 6.58. The Labute approximate surface area is 116 Å². The molecule has 0 aromatic heterocycles. The number of rotatable bonds is 3. The second-order valence-electron chi connectivity index (χ2n) is 4.64. The summed E-state index contributed by atoms with van der Waals surface area (Å²) in [5.74, 6) is 4.04. The van der Waals surface area contributed by atoms with Crippen LogP contribution in [0.4, 0.5) is 4.39 Å². The number of halogens is 1. The molecule has 1 heterocycles. The molecule has 1 aromatic rings. The highest BCUT2D eigenvalue weighted by atomic mass is 32.2. The van der Waals surface area contributed by atoms with Crippen molar-refractivity contribution in [1.82, 2.24) is 9.73 Å². The zero-order chi connectivity index (χ0) is 14.8. The van der Waals surface area contributed by atoms with Gasteiger partial charge in [0.05, 0.1) is 4.90 Å². The van der Waals surface area contributed by atoms with Crippen molar-refractivity contribution in [3.63, 3.8) is 0 Å². The first kappa shape index (κ1) is 14.9. The number of benzene rings is 1. The number of sulfonamides is 1. The molecule has 6 nitrogen and oxygen atoms in total. The SMILES string of the molecule is NNC(=O)C1CCN(S(=O)(=O)c2ccc(F)cc2)CC1. The molecule has 110 valence electrons. The summed E-state index contributed by atoms with van der Waals surface area (Å²) in [5, 5.41) is 0. The van der Waals surface area contributed by atoms with Crippen LogP contribution in [0.3, 0.4) is 0 Å². The normalized spacial score (nSPS) is 17.9. The van der Waals surface area contributed by atoms with Crippen LogP contribution in [0.25, 0.3) is 0 Å². The minimum atomic E-state index is -3.63. The van der Waals surface area contributed by atoms with Crippen molar-refractivity contribution in [2.45, 2.75) is 17.7 Å². The van der Waals surface area contributed by atoms with Crippen molar-refractivity contribution < 1.29 is 17.6 Å². The Kier molecular flexibility index (Phi) is 4.36. The summed E-state index contributed by atoms with van der Waals surface area (Å²) in [5.41, 5.74) is 2.08. The predicted molar refractivity (Wildman–Crippen MR) is 70.2 cm³/mol. The number of carbonyl (C=O) groups excluding carboxylic acids is 1. The summed E-state index contributed by atoms with van der Waals surface area (Å²) in [6.45, 7) is 0.496. The first-order chi connectivity index (χ1) is 9.45. The lowest BCUT2D eigenvalue weighted by molar-refractivity contribution is -0.126. The van der Waals surface area contributed by atoms with Gasteiger partial charge in [-0.05, 0) is 37.1 Å². The highest BCUT2D eigenvalue weighted by molar-refractivity contribution is 7.89. The van der Waals surface area contributed by atoms with Gasteiger partial charge in [-0.2, -0.15) is 4.31 Å². The van der Waals surface area contributed by atoms with Gasteiger partial charge in [-0.1, -0.05) is 0 Å². The van der Waals surface area contributed by atoms with E-state index in [2.05, 4.69) is 5.43 Å². The van der Waals surface area contributed by atoms with Crippen molar-refractivity contribution in [1.29, 1.82) is 0 Å². The van der Waals surface area contributed by atoms with Crippen molar-refractivity contribution in [3.8, 4) is 0 Å². The van der Waals surface area contributed by atoms with Crippen molar-refractivity contribution in [2.75, 3.05) is 13.1 Å². The quantitative estimate of drug-likeness (QED) is 0.474. The van der Waals surface area contributed by atoms with Crippen LogP contribution in [0.1, 0.15) is 12.8 Å². The molecule has 3 N–H and O–H groups in total. The van der Waals surface area contributed by atoms with Crippen LogP contribution in [-0.4, -0.2) is 31.7 Å². The Balaban J connectivity index is 2.09. The molecule has 2 rings (SSSR count). The fourth-order valence-corrected chi connectivity index (χ4v) is 3.70. The number of hydrogen-bond acceptors (Lipinski definition) is 4. The zero-order valence-electron chi connectivity index (χ0n) is 10.8. The molecule has 20 heavy (non-hydrogen) atoms. The van der Waals surface area contributed by atoms with Gasteiger partial charge in [-0.15, -0.1) is 0 Å². The Bertz CT molecular complexity index is 580. The number of amides is 1. The minimum absolute atomic E-state index is 0.0561. The molecule has 1 amide bonds. The summed E-state index contributed by atoms with van der Waals surface area (Å²) >= 11 is 0. The molecule has 0 aliphatic carbocycles. The molecular weight excluding hydrogens is 285 g/mol. The molecule has 1 aromatic carbocycles. The lowest BCUT2D eigenvalue weighted by atomic mass is 9.98. The average molecular weight is 301 g/mol. The highest BCUT2D eigenvalue weighted by Crippen LogP contribution is 2.23. The lowest BCUT2D eigenvalue weighted by Gasteiger charge is -2.30. The Morgan fingerprint density at radius 2 is 1.80 bits per heavy atom. The Morgan fingerprint density at radius 3 is 2.30 bits per heavy atom. The smallest absolute Gasteiger partial charge is 0.243 e. The maximum absolute atomic E-state index is 12.8. The van der Waals surface area contributed by atoms with E-state index in [9.17, 15) is 17.6 Å². The molecule has 1 fully saturated rings. The molecule has 0 saturated carbocycles. The van der Waals surface area contributed by atoms with Gasteiger partial charge < -0.3 is 0 Å². The topological polar surface area (TPSA) is 92.5 Å². The molecule has 0 atom stereocenters. The minimum Gasteiger partial charge on any atom is -0.294 e. The zero-order valence-corrected chi connectivity index (χ0v) is 11.6. The average Bonchev–Trinajstić information content (AvgIpc) is 2.47. The van der Waals surface area contributed by atoms with E-state index in [1.807, 2.05) is 0 Å². The maximum Gasteiger partial charge on any atom is 0.243 e. The second kappa shape index (κ2) is 5.86. The number of nitrogens with two attached hydrogens (primary N) is 1. The fraction of sp³-hybridized carbons (Fsp3) is 0.417. The fourth-order valence-electron chi connectivity index (χ4n) is 2.23. The number of hydrogen-bond donors (Lipinski definition) is 2. The van der Waals surface area contributed by atoms with Gasteiger partial charge in [-0.3, -0.25) is 10.2 Å². The number of hydrazine groups is 1. The molecule has 1 aliphatic heterocycles. The van der Waals surface area contributed by atoms with Crippen LogP contribution in [0.15, 0.2) is 29.2 Å². The molecule has 8 heteroatoms. The van der Waals surface area contributed by atoms with Crippen LogP contribution in [0.5, 0.6) is 0 Å². The Hall–Kier alpha value is -1.51. The van der Waals surface area contributed by atoms with E-state index in [1.54, 1.807) is 0 Å². The first-order valence-electron chi connectivity index (χ1n) is 6.21. The van der Waals surface area contributed by atoms with Gasteiger partial charge in [0, 0.05) is 19.0 Å². The van der Waals surface area contributed by atoms with Gasteiger partial charge in [-0.25, -0.2) is 18.7 Å². The number of nitrogens with zero attached hydrogens (tertiary/aromatic N) is 1. The van der Waals surface area contributed by atoms with E-state index >= 15 is 0 Å². The summed E-state index contributed by atoms with van der Waals surface area (Å²) in [6.07, 6.45) is 0.840. The summed E-state index contributed by atoms with van der Waals surface area (Å²) < 4.78 is 38.8. The van der Waals surface area contributed by atoms with Crippen molar-refractivity contribution in [3.05, 3.63) is 30.1 Å². The summed E-state index contributed by atoms with van der Waals surface area (Å²) in [7, 11) is -3.63. The van der Waals surface area contributed by atoms with E-state index < -0.39 is 15.8 Å². The first-order valence-corrected chi connectivity index (χ1v) is 7.65. The van der Waals surface area contributed by atoms with Crippen LogP contribution < -0.4 is 11.3 Å². The maximum atomic E-state index is 12.8. The van der Waals surface area contributed by atoms with Gasteiger partial charge in [0.2, 0.25) is 15.9 Å². The van der Waals surface area contributed by atoms with Crippen molar-refractivity contribution in [2.24, 2.45) is 11.8 Å². The predicted octanol–water partition coefficient (Wildman–Crippen LogP) is 0.216. The van der Waals surface area contributed by atoms with Crippen molar-refractivity contribution >= 4 is 15.9 Å². The van der Waals surface area contributed by atoms with E-state index in [4.69, 9.17) is 5.84 Å². The van der Waals surface area contributed by atoms with E-state index in [-0.39, 0.29) is 29.8 Å². The molecule has 0 spiro atoms. The molecule has 0 radical (unpaired) electrons. The third-order valence-electron chi connectivity index (χ3n) is 3.42. The standard InChI is InChI=1S/C12H16FN3O3S/c13-10-1-3-11(4-2-10)20(18,19)16-7-5-9(6-8-16)12(17)15-14/h1-4,9H,5-8,14H2,(H,15,17). The van der Waals surface area contributed by atoms with E-state index in [0.717, 1.165) is 12.1 Å². The molecule has 1 aliphatic rings. The van der Waals surface area contributed by atoms with Gasteiger partial charge >= 0.3 is 0 Å². The van der Waals surface area contributed by atoms with Gasteiger partial charge in [0.25, 0.3) is 0 Å². The van der Waals surface area contributed by atoms with E-state index in [0.29, 0.717) is 12.8 Å². The number of carbonyl (C=O) groups is 1. The van der Waals surface area contributed by atoms with Crippen LogP contribution in [-0.2, 0) is 14.8 Å². The van der Waals surface area contributed by atoms with Crippen LogP contribution >= 0.6 is 0 Å². The number of nitrogens with one attached hydrogen (secondary N) is 1. The molecule has 0 bridgehead atoms. The third-order valence-corrected chi connectivity index (χ3v) is 5.33. The van der Waals surface area contributed by atoms with Crippen LogP contribution in [0.2, 0.25) is 0 Å². The number of piperidine rings is 1. The van der Waals surface area contributed by atoms with Crippen LogP contribution in [0, 0.1) is 11.7 Å². The van der Waals surface area contributed by atoms with E-state index in [1.165, 1.54) is 16.4 Å². The summed E-state index contributed by atoms with van der Waals surface area (Å²) in [4.78, 5) is 11.4. The molecular formula is C12H16FN3O3S. The highest BCUT2D eigenvalue weighted by Gasteiger charge is 2.31. The van der Waals surface area contributed by atoms with Gasteiger partial charge in [0.15, 0.2) is 0 Å². The largest absolute Gasteiger partial charge is 0.294 e. The Morgan fingerprint density at radius 1 is 1.25 bits per heavy atom. The molecule has 0 unspecified atom stereocenters. The lowest BCUT2D eigenvalue weighted by Crippen LogP contribution is -2.44. The molecule has 1 saturated heterocycles. The summed E-state index contributed by atoms with van der Waals surface area (Å²) in [6, 6.07) is 4.70. The third kappa shape index (κ3) is 2.97. The van der Waals surface area contributed by atoms with Gasteiger partial charge in [0.1, 0.15) is 5.82 Å². The monoisotopic (exact) mass is 301 g/mol.